The molecule has 0 bridgehead atoms. The molecule has 0 heterocycles. The maximum absolute atomic E-state index is 10.9. The average molecular weight is 298 g/mol. The van der Waals surface area contributed by atoms with Gasteiger partial charge in [-0.25, -0.2) is 4.79 Å². The molecule has 0 aromatic heterocycles. The van der Waals surface area contributed by atoms with E-state index in [0.29, 0.717) is 12.2 Å². The number of benzene rings is 2. The fourth-order valence-electron chi connectivity index (χ4n) is 2.74. The van der Waals surface area contributed by atoms with Crippen LogP contribution in [0.2, 0.25) is 0 Å². The van der Waals surface area contributed by atoms with Crippen LogP contribution in [0.4, 0.5) is 4.79 Å². The molecule has 0 fully saturated rings. The summed E-state index contributed by atoms with van der Waals surface area (Å²) in [4.78, 5) is 10.9. The number of hydrogen-bond acceptors (Lipinski definition) is 2. The molecule has 0 saturated carbocycles. The first-order valence-electron chi connectivity index (χ1n) is 7.47. The molecule has 3 heteroatoms. The summed E-state index contributed by atoms with van der Waals surface area (Å²) in [6.45, 7) is 8.53. The highest BCUT2D eigenvalue weighted by atomic mass is 16.7. The van der Waals surface area contributed by atoms with Crippen LogP contribution in [0.15, 0.2) is 42.5 Å². The van der Waals surface area contributed by atoms with E-state index in [1.165, 1.54) is 5.56 Å². The average Bonchev–Trinajstić information content (AvgIpc) is 2.45. The van der Waals surface area contributed by atoms with E-state index in [9.17, 15) is 4.79 Å². The zero-order valence-corrected chi connectivity index (χ0v) is 13.5. The molecule has 0 spiro atoms. The standard InChI is InChI=1S/C19H22O3/c1-5-13-14(10-8-12-17(13)22-18(20)21)15-9-6-7-11-16(15)19(2,3)4/h6-12H,5H2,1-4H3,(H,20,21). The monoisotopic (exact) mass is 298 g/mol. The zero-order chi connectivity index (χ0) is 16.3. The van der Waals surface area contributed by atoms with E-state index in [1.54, 1.807) is 6.07 Å². The van der Waals surface area contributed by atoms with Crippen LogP contribution in [0.25, 0.3) is 11.1 Å². The molecule has 116 valence electrons. The highest BCUT2D eigenvalue weighted by Gasteiger charge is 2.20. The van der Waals surface area contributed by atoms with Crippen LogP contribution in [0.3, 0.4) is 0 Å². The molecule has 0 saturated heterocycles. The highest BCUT2D eigenvalue weighted by Crippen LogP contribution is 2.37. The molecule has 0 aliphatic heterocycles. The molecule has 0 unspecified atom stereocenters. The van der Waals surface area contributed by atoms with Crippen molar-refractivity contribution >= 4 is 6.16 Å². The second-order valence-electron chi connectivity index (χ2n) is 6.30. The topological polar surface area (TPSA) is 46.5 Å². The Hall–Kier alpha value is -2.29. The van der Waals surface area contributed by atoms with Crippen molar-refractivity contribution in [2.45, 2.75) is 39.5 Å². The molecule has 0 amide bonds. The highest BCUT2D eigenvalue weighted by molar-refractivity contribution is 5.75. The smallest absolute Gasteiger partial charge is 0.449 e. The third-order valence-corrected chi connectivity index (χ3v) is 3.71. The summed E-state index contributed by atoms with van der Waals surface area (Å²) in [6, 6.07) is 13.8. The number of carboxylic acid groups (broad SMARTS) is 1. The predicted octanol–water partition coefficient (Wildman–Crippen LogP) is 5.27. The largest absolute Gasteiger partial charge is 0.511 e. The number of ether oxygens (including phenoxy) is 1. The van der Waals surface area contributed by atoms with Crippen LogP contribution in [0.5, 0.6) is 5.75 Å². The van der Waals surface area contributed by atoms with E-state index in [0.717, 1.165) is 16.7 Å². The lowest BCUT2D eigenvalue weighted by atomic mass is 9.81. The van der Waals surface area contributed by atoms with Gasteiger partial charge in [0.15, 0.2) is 0 Å². The Morgan fingerprint density at radius 3 is 2.27 bits per heavy atom. The van der Waals surface area contributed by atoms with Gasteiger partial charge in [-0.05, 0) is 34.6 Å². The summed E-state index contributed by atoms with van der Waals surface area (Å²) in [5.41, 5.74) is 4.32. The Labute approximate surface area is 131 Å². The zero-order valence-electron chi connectivity index (χ0n) is 13.5. The van der Waals surface area contributed by atoms with Gasteiger partial charge in [-0.15, -0.1) is 0 Å². The number of carbonyl (C=O) groups is 1. The van der Waals surface area contributed by atoms with Crippen molar-refractivity contribution in [2.75, 3.05) is 0 Å². The minimum atomic E-state index is -1.28. The SMILES string of the molecule is CCc1c(OC(=O)O)cccc1-c1ccccc1C(C)(C)C. The first kappa shape index (κ1) is 16.1. The first-order valence-corrected chi connectivity index (χ1v) is 7.47. The van der Waals surface area contributed by atoms with Gasteiger partial charge in [0.25, 0.3) is 0 Å². The van der Waals surface area contributed by atoms with Crippen molar-refractivity contribution in [1.82, 2.24) is 0 Å². The Morgan fingerprint density at radius 1 is 1.05 bits per heavy atom. The minimum Gasteiger partial charge on any atom is -0.449 e. The molecule has 0 aliphatic carbocycles. The van der Waals surface area contributed by atoms with Gasteiger partial charge >= 0.3 is 6.16 Å². The van der Waals surface area contributed by atoms with Crippen LogP contribution in [-0.4, -0.2) is 11.3 Å². The molecule has 22 heavy (non-hydrogen) atoms. The van der Waals surface area contributed by atoms with Crippen LogP contribution >= 0.6 is 0 Å². The Balaban J connectivity index is 2.66. The molecule has 2 rings (SSSR count). The molecule has 0 radical (unpaired) electrons. The van der Waals surface area contributed by atoms with Gasteiger partial charge in [-0.1, -0.05) is 64.1 Å². The van der Waals surface area contributed by atoms with Crippen LogP contribution in [0.1, 0.15) is 38.8 Å². The third-order valence-electron chi connectivity index (χ3n) is 3.71. The number of rotatable bonds is 3. The predicted molar refractivity (Wildman–Crippen MR) is 88.6 cm³/mol. The summed E-state index contributed by atoms with van der Waals surface area (Å²) in [5.74, 6) is 0.413. The van der Waals surface area contributed by atoms with E-state index >= 15 is 0 Å². The summed E-state index contributed by atoms with van der Waals surface area (Å²) >= 11 is 0. The van der Waals surface area contributed by atoms with Gasteiger partial charge in [0.2, 0.25) is 0 Å². The van der Waals surface area contributed by atoms with Gasteiger partial charge in [-0.2, -0.15) is 0 Å². The fourth-order valence-corrected chi connectivity index (χ4v) is 2.74. The maximum atomic E-state index is 10.9. The third kappa shape index (κ3) is 3.30. The van der Waals surface area contributed by atoms with Gasteiger partial charge in [-0.3, -0.25) is 0 Å². The Bertz CT molecular complexity index is 681. The van der Waals surface area contributed by atoms with Crippen molar-refractivity contribution in [3.8, 4) is 16.9 Å². The van der Waals surface area contributed by atoms with E-state index in [-0.39, 0.29) is 5.41 Å². The van der Waals surface area contributed by atoms with E-state index in [4.69, 9.17) is 9.84 Å². The lowest BCUT2D eigenvalue weighted by Gasteiger charge is -2.24. The van der Waals surface area contributed by atoms with Crippen molar-refractivity contribution < 1.29 is 14.6 Å². The minimum absolute atomic E-state index is 0.00522. The van der Waals surface area contributed by atoms with Gasteiger partial charge in [0.1, 0.15) is 5.75 Å². The van der Waals surface area contributed by atoms with E-state index < -0.39 is 6.16 Å². The van der Waals surface area contributed by atoms with E-state index in [2.05, 4.69) is 32.9 Å². The lowest BCUT2D eigenvalue weighted by Crippen LogP contribution is -2.13. The quantitative estimate of drug-likeness (QED) is 0.620. The van der Waals surface area contributed by atoms with Crippen molar-refractivity contribution in [3.63, 3.8) is 0 Å². The second kappa shape index (κ2) is 6.22. The lowest BCUT2D eigenvalue weighted by molar-refractivity contribution is 0.144. The molecule has 3 nitrogen and oxygen atoms in total. The molecule has 1 N–H and O–H groups in total. The van der Waals surface area contributed by atoms with E-state index in [1.807, 2.05) is 31.2 Å². The Kier molecular flexibility index (Phi) is 4.55. The van der Waals surface area contributed by atoms with Crippen molar-refractivity contribution in [2.24, 2.45) is 0 Å². The molecular weight excluding hydrogens is 276 g/mol. The van der Waals surface area contributed by atoms with Gasteiger partial charge in [0.05, 0.1) is 0 Å². The summed E-state index contributed by atoms with van der Waals surface area (Å²) in [5, 5.41) is 8.91. The molecule has 2 aromatic rings. The summed E-state index contributed by atoms with van der Waals surface area (Å²) in [7, 11) is 0. The summed E-state index contributed by atoms with van der Waals surface area (Å²) < 4.78 is 4.94. The molecular formula is C19H22O3. The normalized spacial score (nSPS) is 11.3. The van der Waals surface area contributed by atoms with Crippen LogP contribution < -0.4 is 4.74 Å². The first-order chi connectivity index (χ1) is 10.3. The Morgan fingerprint density at radius 2 is 1.68 bits per heavy atom. The van der Waals surface area contributed by atoms with Crippen LogP contribution in [-0.2, 0) is 11.8 Å². The molecule has 0 atom stereocenters. The maximum Gasteiger partial charge on any atom is 0.511 e. The second-order valence-corrected chi connectivity index (χ2v) is 6.30. The summed E-state index contributed by atoms with van der Waals surface area (Å²) in [6.07, 6.45) is -0.576. The van der Waals surface area contributed by atoms with Crippen molar-refractivity contribution in [3.05, 3.63) is 53.6 Å². The van der Waals surface area contributed by atoms with Crippen LogP contribution in [0, 0.1) is 0 Å². The molecule has 0 aliphatic rings. The number of hydrogen-bond donors (Lipinski definition) is 1. The van der Waals surface area contributed by atoms with Gasteiger partial charge in [0, 0.05) is 5.56 Å². The molecule has 2 aromatic carbocycles. The van der Waals surface area contributed by atoms with Crippen molar-refractivity contribution in [1.29, 1.82) is 0 Å². The van der Waals surface area contributed by atoms with Gasteiger partial charge < -0.3 is 9.84 Å². The fraction of sp³-hybridized carbons (Fsp3) is 0.316.